The molecule has 1 N–H and O–H groups in total. The summed E-state index contributed by atoms with van der Waals surface area (Å²) in [5.41, 5.74) is 2.64. The van der Waals surface area contributed by atoms with Gasteiger partial charge in [0.1, 0.15) is 11.5 Å². The number of methoxy groups -OCH3 is 2. The van der Waals surface area contributed by atoms with Crippen molar-refractivity contribution in [2.45, 2.75) is 13.3 Å². The Morgan fingerprint density at radius 2 is 1.76 bits per heavy atom. The normalized spacial score (nSPS) is 10.0. The van der Waals surface area contributed by atoms with Crippen LogP contribution in [-0.2, 0) is 11.2 Å². The first-order chi connectivity index (χ1) is 10.1. The summed E-state index contributed by atoms with van der Waals surface area (Å²) in [7, 11) is 3.22. The predicted octanol–water partition coefficient (Wildman–Crippen LogP) is 3.19. The Labute approximate surface area is 124 Å². The van der Waals surface area contributed by atoms with Crippen molar-refractivity contribution in [3.63, 3.8) is 0 Å². The maximum absolute atomic E-state index is 12.1. The van der Waals surface area contributed by atoms with E-state index >= 15 is 0 Å². The molecule has 0 atom stereocenters. The van der Waals surface area contributed by atoms with Crippen LogP contribution in [-0.4, -0.2) is 20.1 Å². The van der Waals surface area contributed by atoms with E-state index in [1.807, 2.05) is 49.4 Å². The highest BCUT2D eigenvalue weighted by Gasteiger charge is 2.09. The number of rotatable bonds is 5. The molecule has 2 rings (SSSR count). The van der Waals surface area contributed by atoms with Gasteiger partial charge in [0, 0.05) is 0 Å². The maximum Gasteiger partial charge on any atom is 0.228 e. The molecule has 110 valence electrons. The van der Waals surface area contributed by atoms with Gasteiger partial charge in [-0.25, -0.2) is 0 Å². The predicted molar refractivity (Wildman–Crippen MR) is 83.1 cm³/mol. The van der Waals surface area contributed by atoms with Crippen molar-refractivity contribution in [1.82, 2.24) is 0 Å². The summed E-state index contributed by atoms with van der Waals surface area (Å²) in [5, 5.41) is 2.86. The third-order valence-corrected chi connectivity index (χ3v) is 3.21. The number of benzene rings is 2. The first-order valence-corrected chi connectivity index (χ1v) is 6.70. The molecule has 4 heteroatoms. The van der Waals surface area contributed by atoms with Gasteiger partial charge >= 0.3 is 0 Å². The molecule has 0 aliphatic heterocycles. The average molecular weight is 285 g/mol. The number of aryl methyl sites for hydroxylation is 1. The molecule has 1 amide bonds. The van der Waals surface area contributed by atoms with Gasteiger partial charge in [-0.05, 0) is 36.2 Å². The van der Waals surface area contributed by atoms with Crippen molar-refractivity contribution in [3.05, 3.63) is 53.6 Å². The van der Waals surface area contributed by atoms with Gasteiger partial charge in [-0.3, -0.25) is 4.79 Å². The van der Waals surface area contributed by atoms with E-state index < -0.39 is 0 Å². The molecule has 2 aromatic carbocycles. The lowest BCUT2D eigenvalue weighted by Gasteiger charge is -2.10. The largest absolute Gasteiger partial charge is 0.496 e. The van der Waals surface area contributed by atoms with E-state index in [2.05, 4.69) is 5.32 Å². The molecule has 0 bridgehead atoms. The van der Waals surface area contributed by atoms with Gasteiger partial charge in [-0.1, -0.05) is 24.3 Å². The zero-order valence-electron chi connectivity index (χ0n) is 12.5. The third-order valence-electron chi connectivity index (χ3n) is 3.21. The lowest BCUT2D eigenvalue weighted by Crippen LogP contribution is -2.15. The zero-order valence-corrected chi connectivity index (χ0v) is 12.5. The molecule has 0 fully saturated rings. The van der Waals surface area contributed by atoms with Crippen LogP contribution in [0.5, 0.6) is 11.5 Å². The smallest absolute Gasteiger partial charge is 0.228 e. The highest BCUT2D eigenvalue weighted by atomic mass is 16.5. The molecule has 4 nitrogen and oxygen atoms in total. The monoisotopic (exact) mass is 285 g/mol. The first kappa shape index (κ1) is 14.9. The molecule has 21 heavy (non-hydrogen) atoms. The zero-order chi connectivity index (χ0) is 15.2. The van der Waals surface area contributed by atoms with Crippen molar-refractivity contribution < 1.29 is 14.3 Å². The quantitative estimate of drug-likeness (QED) is 0.917. The van der Waals surface area contributed by atoms with Gasteiger partial charge in [0.25, 0.3) is 0 Å². The molecule has 0 heterocycles. The second-order valence-corrected chi connectivity index (χ2v) is 4.73. The van der Waals surface area contributed by atoms with Gasteiger partial charge in [0.05, 0.1) is 26.3 Å². The fourth-order valence-electron chi connectivity index (χ4n) is 2.18. The topological polar surface area (TPSA) is 47.6 Å². The lowest BCUT2D eigenvalue weighted by atomic mass is 10.1. The Bertz CT molecular complexity index is 638. The molecule has 0 spiro atoms. The standard InChI is InChI=1S/C17H19NO3/c1-12-10-13(8-9-15(12)20-2)11-17(19)18-14-6-4-5-7-16(14)21-3/h4-10H,11H2,1-3H3,(H,18,19). The van der Waals surface area contributed by atoms with Crippen LogP contribution in [0.15, 0.2) is 42.5 Å². The molecular weight excluding hydrogens is 266 g/mol. The minimum absolute atomic E-state index is 0.0796. The van der Waals surface area contributed by atoms with Crippen molar-refractivity contribution >= 4 is 11.6 Å². The van der Waals surface area contributed by atoms with Crippen molar-refractivity contribution in [2.75, 3.05) is 19.5 Å². The Kier molecular flexibility index (Phi) is 4.82. The van der Waals surface area contributed by atoms with Crippen molar-refractivity contribution in [1.29, 1.82) is 0 Å². The minimum Gasteiger partial charge on any atom is -0.496 e. The van der Waals surface area contributed by atoms with Gasteiger partial charge in [0.2, 0.25) is 5.91 Å². The van der Waals surface area contributed by atoms with Crippen LogP contribution in [0.1, 0.15) is 11.1 Å². The average Bonchev–Trinajstić information content (AvgIpc) is 2.48. The number of ether oxygens (including phenoxy) is 2. The van der Waals surface area contributed by atoms with E-state index in [9.17, 15) is 4.79 Å². The molecule has 0 unspecified atom stereocenters. The Balaban J connectivity index is 2.06. The van der Waals surface area contributed by atoms with Crippen LogP contribution in [0.25, 0.3) is 0 Å². The summed E-state index contributed by atoms with van der Waals surface area (Å²) in [6.07, 6.45) is 0.308. The number of amides is 1. The van der Waals surface area contributed by atoms with Crippen LogP contribution in [0.4, 0.5) is 5.69 Å². The summed E-state index contributed by atoms with van der Waals surface area (Å²) in [6, 6.07) is 13.1. The first-order valence-electron chi connectivity index (χ1n) is 6.70. The van der Waals surface area contributed by atoms with E-state index in [0.717, 1.165) is 16.9 Å². The summed E-state index contributed by atoms with van der Waals surface area (Å²) < 4.78 is 10.4. The highest BCUT2D eigenvalue weighted by molar-refractivity contribution is 5.93. The number of carbonyl (C=O) groups excluding carboxylic acids is 1. The van der Waals surface area contributed by atoms with E-state index in [1.54, 1.807) is 14.2 Å². The summed E-state index contributed by atoms with van der Waals surface area (Å²) >= 11 is 0. The SMILES string of the molecule is COc1ccc(CC(=O)Nc2ccccc2OC)cc1C. The molecule has 0 aliphatic carbocycles. The number of hydrogen-bond acceptors (Lipinski definition) is 3. The van der Waals surface area contributed by atoms with Gasteiger partial charge in [-0.15, -0.1) is 0 Å². The van der Waals surface area contributed by atoms with Crippen LogP contribution in [0.2, 0.25) is 0 Å². The van der Waals surface area contributed by atoms with Gasteiger partial charge in [0.15, 0.2) is 0 Å². The molecule has 0 aliphatic rings. The Hall–Kier alpha value is -2.49. The minimum atomic E-state index is -0.0796. The van der Waals surface area contributed by atoms with E-state index in [-0.39, 0.29) is 5.91 Å². The number of nitrogens with one attached hydrogen (secondary N) is 1. The van der Waals surface area contributed by atoms with Crippen LogP contribution in [0, 0.1) is 6.92 Å². The molecule has 0 saturated carbocycles. The van der Waals surface area contributed by atoms with Crippen molar-refractivity contribution in [3.8, 4) is 11.5 Å². The number of anilines is 1. The molecule has 0 aromatic heterocycles. The number of hydrogen-bond donors (Lipinski definition) is 1. The van der Waals surface area contributed by atoms with Crippen LogP contribution in [0.3, 0.4) is 0 Å². The van der Waals surface area contributed by atoms with Crippen LogP contribution < -0.4 is 14.8 Å². The highest BCUT2D eigenvalue weighted by Crippen LogP contribution is 2.23. The van der Waals surface area contributed by atoms with Crippen LogP contribution >= 0.6 is 0 Å². The fourth-order valence-corrected chi connectivity index (χ4v) is 2.18. The molecule has 0 saturated heterocycles. The molecular formula is C17H19NO3. The van der Waals surface area contributed by atoms with E-state index in [4.69, 9.17) is 9.47 Å². The molecule has 0 radical (unpaired) electrons. The van der Waals surface area contributed by atoms with E-state index in [1.165, 1.54) is 0 Å². The maximum atomic E-state index is 12.1. The summed E-state index contributed by atoms with van der Waals surface area (Å²) in [5.74, 6) is 1.39. The fraction of sp³-hybridized carbons (Fsp3) is 0.235. The second-order valence-electron chi connectivity index (χ2n) is 4.73. The van der Waals surface area contributed by atoms with Crippen molar-refractivity contribution in [2.24, 2.45) is 0 Å². The third kappa shape index (κ3) is 3.75. The summed E-state index contributed by atoms with van der Waals surface area (Å²) in [4.78, 5) is 12.1. The summed E-state index contributed by atoms with van der Waals surface area (Å²) in [6.45, 7) is 1.96. The Morgan fingerprint density at radius 3 is 2.43 bits per heavy atom. The van der Waals surface area contributed by atoms with Gasteiger partial charge < -0.3 is 14.8 Å². The van der Waals surface area contributed by atoms with Gasteiger partial charge in [-0.2, -0.15) is 0 Å². The van der Waals surface area contributed by atoms with E-state index in [0.29, 0.717) is 17.9 Å². The second kappa shape index (κ2) is 6.79. The lowest BCUT2D eigenvalue weighted by molar-refractivity contribution is -0.115. The number of para-hydroxylation sites is 2. The molecule has 2 aromatic rings. The number of carbonyl (C=O) groups is 1. The Morgan fingerprint density at radius 1 is 1.05 bits per heavy atom.